The van der Waals surface area contributed by atoms with Crippen molar-refractivity contribution < 1.29 is 14.3 Å². The minimum atomic E-state index is -0.963. The van der Waals surface area contributed by atoms with Gasteiger partial charge in [-0.15, -0.1) is 10.2 Å². The molecule has 0 saturated heterocycles. The molecule has 0 fully saturated rings. The topological polar surface area (TPSA) is 93.5 Å². The van der Waals surface area contributed by atoms with Crippen LogP contribution in [0.2, 0.25) is 10.0 Å². The SMILES string of the molecule is Cc1occc1-c1nnc(SCC(=O)O)n1/N=C\c1ccc(Cl)cc1Cl. The van der Waals surface area contributed by atoms with Crippen molar-refractivity contribution >= 4 is 47.1 Å². The lowest BCUT2D eigenvalue weighted by Gasteiger charge is -2.04. The van der Waals surface area contributed by atoms with Crippen molar-refractivity contribution in [2.45, 2.75) is 12.1 Å². The van der Waals surface area contributed by atoms with Gasteiger partial charge >= 0.3 is 5.97 Å². The zero-order valence-electron chi connectivity index (χ0n) is 13.4. The number of thioether (sulfide) groups is 1. The summed E-state index contributed by atoms with van der Waals surface area (Å²) >= 11 is 13.1. The average molecular weight is 411 g/mol. The van der Waals surface area contributed by atoms with Crippen molar-refractivity contribution in [3.63, 3.8) is 0 Å². The van der Waals surface area contributed by atoms with Crippen LogP contribution in [-0.4, -0.2) is 37.9 Å². The Morgan fingerprint density at radius 2 is 2.19 bits per heavy atom. The maximum absolute atomic E-state index is 10.9. The van der Waals surface area contributed by atoms with E-state index in [1.54, 1.807) is 31.2 Å². The molecule has 7 nitrogen and oxygen atoms in total. The van der Waals surface area contributed by atoms with Crippen LogP contribution in [0.3, 0.4) is 0 Å². The molecule has 0 spiro atoms. The number of nitrogens with zero attached hydrogens (tertiary/aromatic N) is 4. The minimum absolute atomic E-state index is 0.167. The summed E-state index contributed by atoms with van der Waals surface area (Å²) in [5, 5.41) is 22.7. The lowest BCUT2D eigenvalue weighted by atomic mass is 10.2. The number of carboxylic acid groups (broad SMARTS) is 1. The summed E-state index contributed by atoms with van der Waals surface area (Å²) in [7, 11) is 0. The van der Waals surface area contributed by atoms with Gasteiger partial charge in [-0.1, -0.05) is 41.0 Å². The second kappa shape index (κ2) is 7.94. The van der Waals surface area contributed by atoms with Gasteiger partial charge < -0.3 is 9.52 Å². The molecule has 0 bridgehead atoms. The fourth-order valence-electron chi connectivity index (χ4n) is 2.10. The highest BCUT2D eigenvalue weighted by atomic mass is 35.5. The predicted molar refractivity (Wildman–Crippen MR) is 100 cm³/mol. The summed E-state index contributed by atoms with van der Waals surface area (Å²) in [5.41, 5.74) is 1.35. The molecule has 0 amide bonds. The Bertz CT molecular complexity index is 984. The third-order valence-corrected chi connectivity index (χ3v) is 4.78. The highest BCUT2D eigenvalue weighted by Gasteiger charge is 2.18. The largest absolute Gasteiger partial charge is 0.481 e. The number of carbonyl (C=O) groups is 1. The van der Waals surface area contributed by atoms with Crippen LogP contribution in [0.5, 0.6) is 0 Å². The molecule has 1 N–H and O–H groups in total. The molecule has 10 heteroatoms. The first kappa shape index (κ1) is 18.5. The van der Waals surface area contributed by atoms with E-state index in [1.165, 1.54) is 17.2 Å². The number of aromatic nitrogens is 3. The first-order valence-corrected chi connectivity index (χ1v) is 9.03. The first-order valence-electron chi connectivity index (χ1n) is 7.29. The van der Waals surface area contributed by atoms with E-state index in [-0.39, 0.29) is 5.75 Å². The summed E-state index contributed by atoms with van der Waals surface area (Å²) in [4.78, 5) is 10.9. The molecular weight excluding hydrogens is 399 g/mol. The molecule has 0 saturated carbocycles. The number of aliphatic carboxylic acids is 1. The maximum Gasteiger partial charge on any atom is 0.313 e. The van der Waals surface area contributed by atoms with Crippen molar-refractivity contribution in [3.8, 4) is 11.4 Å². The van der Waals surface area contributed by atoms with Gasteiger partial charge in [0.1, 0.15) is 5.76 Å². The van der Waals surface area contributed by atoms with E-state index in [2.05, 4.69) is 15.3 Å². The Hall–Kier alpha value is -2.29. The average Bonchev–Trinajstić information content (AvgIpc) is 3.17. The van der Waals surface area contributed by atoms with E-state index >= 15 is 0 Å². The normalized spacial score (nSPS) is 11.3. The molecule has 0 radical (unpaired) electrons. The van der Waals surface area contributed by atoms with Crippen LogP contribution in [0.15, 0.2) is 45.2 Å². The number of aryl methyl sites for hydroxylation is 1. The van der Waals surface area contributed by atoms with E-state index in [0.29, 0.717) is 37.9 Å². The summed E-state index contributed by atoms with van der Waals surface area (Å²) < 4.78 is 6.76. The molecule has 0 unspecified atom stereocenters. The van der Waals surface area contributed by atoms with Gasteiger partial charge in [-0.2, -0.15) is 9.78 Å². The Balaban J connectivity index is 2.01. The van der Waals surface area contributed by atoms with Crippen molar-refractivity contribution in [1.29, 1.82) is 0 Å². The first-order chi connectivity index (χ1) is 12.5. The van der Waals surface area contributed by atoms with Gasteiger partial charge in [-0.05, 0) is 25.1 Å². The molecule has 3 rings (SSSR count). The van der Waals surface area contributed by atoms with Gasteiger partial charge in [0, 0.05) is 10.6 Å². The highest BCUT2D eigenvalue weighted by molar-refractivity contribution is 7.99. The summed E-state index contributed by atoms with van der Waals surface area (Å²) in [6.45, 7) is 1.79. The standard InChI is InChI=1S/C16H12Cl2N4O3S/c1-9-12(4-5-25-9)15-20-21-16(26-8-14(23)24)22(15)19-7-10-2-3-11(17)6-13(10)18/h2-7H,8H2,1H3,(H,23,24)/b19-7-. The Morgan fingerprint density at radius 1 is 1.38 bits per heavy atom. The summed E-state index contributed by atoms with van der Waals surface area (Å²) in [6.07, 6.45) is 3.07. The van der Waals surface area contributed by atoms with Gasteiger partial charge in [-0.3, -0.25) is 4.79 Å². The van der Waals surface area contributed by atoms with E-state index in [4.69, 9.17) is 32.7 Å². The number of furan rings is 1. The Labute approximate surface area is 162 Å². The highest BCUT2D eigenvalue weighted by Crippen LogP contribution is 2.27. The van der Waals surface area contributed by atoms with Crippen LogP contribution in [0.1, 0.15) is 11.3 Å². The molecule has 2 aromatic heterocycles. The van der Waals surface area contributed by atoms with E-state index in [1.807, 2.05) is 0 Å². The van der Waals surface area contributed by atoms with Crippen LogP contribution in [0.25, 0.3) is 11.4 Å². The van der Waals surface area contributed by atoms with Gasteiger partial charge in [0.25, 0.3) is 0 Å². The molecule has 2 heterocycles. The van der Waals surface area contributed by atoms with Crippen LogP contribution in [0.4, 0.5) is 0 Å². The second-order valence-corrected chi connectivity index (χ2v) is 6.89. The van der Waals surface area contributed by atoms with Crippen molar-refractivity contribution in [2.24, 2.45) is 5.10 Å². The van der Waals surface area contributed by atoms with E-state index in [9.17, 15) is 4.79 Å². The van der Waals surface area contributed by atoms with Crippen molar-refractivity contribution in [3.05, 3.63) is 51.9 Å². The van der Waals surface area contributed by atoms with Crippen LogP contribution < -0.4 is 0 Å². The van der Waals surface area contributed by atoms with E-state index in [0.717, 1.165) is 11.8 Å². The third-order valence-electron chi connectivity index (χ3n) is 3.31. The molecule has 134 valence electrons. The lowest BCUT2D eigenvalue weighted by molar-refractivity contribution is -0.133. The fourth-order valence-corrected chi connectivity index (χ4v) is 3.16. The van der Waals surface area contributed by atoms with Crippen LogP contribution in [-0.2, 0) is 4.79 Å². The molecular formula is C16H12Cl2N4O3S. The zero-order chi connectivity index (χ0) is 18.7. The Kier molecular flexibility index (Phi) is 5.65. The number of hydrogen-bond donors (Lipinski definition) is 1. The summed E-state index contributed by atoms with van der Waals surface area (Å²) in [5.74, 6) is -0.0475. The number of halogens is 2. The van der Waals surface area contributed by atoms with Crippen LogP contribution in [0, 0.1) is 6.92 Å². The number of benzene rings is 1. The van der Waals surface area contributed by atoms with Gasteiger partial charge in [0.2, 0.25) is 5.16 Å². The van der Waals surface area contributed by atoms with Gasteiger partial charge in [0.15, 0.2) is 5.82 Å². The molecule has 1 aromatic carbocycles. The predicted octanol–water partition coefficient (Wildman–Crippen LogP) is 4.21. The molecule has 0 aliphatic carbocycles. The molecule has 3 aromatic rings. The second-order valence-electron chi connectivity index (χ2n) is 5.10. The quantitative estimate of drug-likeness (QED) is 0.483. The number of hydrogen-bond acceptors (Lipinski definition) is 6. The maximum atomic E-state index is 10.9. The van der Waals surface area contributed by atoms with Crippen molar-refractivity contribution in [1.82, 2.24) is 14.9 Å². The zero-order valence-corrected chi connectivity index (χ0v) is 15.7. The van der Waals surface area contributed by atoms with Gasteiger partial charge in [0.05, 0.1) is 28.8 Å². The molecule has 26 heavy (non-hydrogen) atoms. The fraction of sp³-hybridized carbons (Fsp3) is 0.125. The lowest BCUT2D eigenvalue weighted by Crippen LogP contribution is -2.02. The van der Waals surface area contributed by atoms with Crippen molar-refractivity contribution in [2.75, 3.05) is 5.75 Å². The Morgan fingerprint density at radius 3 is 2.85 bits per heavy atom. The molecule has 0 aliphatic rings. The number of rotatable bonds is 6. The third kappa shape index (κ3) is 4.09. The van der Waals surface area contributed by atoms with Gasteiger partial charge in [-0.25, -0.2) is 0 Å². The van der Waals surface area contributed by atoms with E-state index < -0.39 is 5.97 Å². The summed E-state index contributed by atoms with van der Waals surface area (Å²) in [6, 6.07) is 6.78. The minimum Gasteiger partial charge on any atom is -0.481 e. The molecule has 0 aliphatic heterocycles. The number of carboxylic acids is 1. The van der Waals surface area contributed by atoms with Crippen LogP contribution >= 0.6 is 35.0 Å². The smallest absolute Gasteiger partial charge is 0.313 e. The molecule has 0 atom stereocenters. The monoisotopic (exact) mass is 410 g/mol.